The van der Waals surface area contributed by atoms with Crippen molar-refractivity contribution < 1.29 is 14.0 Å². The summed E-state index contributed by atoms with van der Waals surface area (Å²) in [6.07, 6.45) is 6.82. The van der Waals surface area contributed by atoms with Crippen LogP contribution in [-0.4, -0.2) is 30.2 Å². The maximum atomic E-state index is 13.4. The first kappa shape index (κ1) is 18.4. The molecular formula is C20H26FNO2. The van der Waals surface area contributed by atoms with E-state index in [1.165, 1.54) is 12.1 Å². The van der Waals surface area contributed by atoms with E-state index in [1.54, 1.807) is 6.07 Å². The van der Waals surface area contributed by atoms with Gasteiger partial charge in [0.05, 0.1) is 6.42 Å². The fourth-order valence-corrected chi connectivity index (χ4v) is 3.14. The van der Waals surface area contributed by atoms with Gasteiger partial charge in [-0.15, -0.1) is 0 Å². The van der Waals surface area contributed by atoms with Crippen LogP contribution in [0.15, 0.2) is 24.3 Å². The summed E-state index contributed by atoms with van der Waals surface area (Å²) in [5, 5.41) is 0. The number of amides is 1. The highest BCUT2D eigenvalue weighted by molar-refractivity contribution is 5.89. The normalized spacial score (nSPS) is 16.3. The maximum Gasteiger partial charge on any atom is 0.227 e. The third kappa shape index (κ3) is 4.76. The number of aryl methyl sites for hydroxylation is 1. The zero-order chi connectivity index (χ0) is 17.5. The number of hydrogen-bond donors (Lipinski definition) is 0. The predicted octanol–water partition coefficient (Wildman–Crippen LogP) is 4.15. The molecule has 130 valence electrons. The molecule has 0 aliphatic carbocycles. The Bertz CT molecular complexity index is 616. The molecule has 1 fully saturated rings. The highest BCUT2D eigenvalue weighted by atomic mass is 19.1. The molecule has 0 unspecified atom stereocenters. The average molecular weight is 331 g/mol. The highest BCUT2D eigenvalue weighted by Gasteiger charge is 2.23. The summed E-state index contributed by atoms with van der Waals surface area (Å²) >= 11 is 0. The predicted molar refractivity (Wildman–Crippen MR) is 94.0 cm³/mol. The molecule has 1 saturated heterocycles. The summed E-state index contributed by atoms with van der Waals surface area (Å²) in [4.78, 5) is 25.3. The molecule has 0 radical (unpaired) electrons. The zero-order valence-electron chi connectivity index (χ0n) is 14.6. The minimum Gasteiger partial charge on any atom is -0.342 e. The summed E-state index contributed by atoms with van der Waals surface area (Å²) < 4.78 is 13.4. The number of nitrogens with zero attached hydrogens (tertiary/aromatic N) is 1. The first-order chi connectivity index (χ1) is 11.5. The Hall–Kier alpha value is -1.97. The van der Waals surface area contributed by atoms with Gasteiger partial charge in [0.15, 0.2) is 0 Å². The number of piperidine rings is 1. The summed E-state index contributed by atoms with van der Waals surface area (Å²) in [5.41, 5.74) is 2.77. The summed E-state index contributed by atoms with van der Waals surface area (Å²) in [6.45, 7) is 5.26. The molecule has 1 aromatic rings. The number of likely N-dealkylation sites (tertiary alicyclic amines) is 1. The standard InChI is InChI=1S/C20H26FNO2/c1-3-4-5-17(19-7-6-18(21)12-15(19)2)13-20(24)22-10-8-16(14-23)9-11-22/h5-7,12,14,16H,3-4,8-11,13H2,1-2H3/b17-5-. The molecule has 0 N–H and O–H groups in total. The lowest BCUT2D eigenvalue weighted by Crippen LogP contribution is -2.38. The van der Waals surface area contributed by atoms with E-state index in [4.69, 9.17) is 0 Å². The Balaban J connectivity index is 2.11. The average Bonchev–Trinajstić information content (AvgIpc) is 2.59. The third-order valence-corrected chi connectivity index (χ3v) is 4.64. The van der Waals surface area contributed by atoms with Crippen LogP contribution in [0.4, 0.5) is 4.39 Å². The zero-order valence-corrected chi connectivity index (χ0v) is 14.6. The number of carbonyl (C=O) groups excluding carboxylic acids is 2. The number of halogens is 1. The van der Waals surface area contributed by atoms with Crippen molar-refractivity contribution in [3.63, 3.8) is 0 Å². The Morgan fingerprint density at radius 3 is 2.62 bits per heavy atom. The molecule has 24 heavy (non-hydrogen) atoms. The first-order valence-corrected chi connectivity index (χ1v) is 8.73. The minimum absolute atomic E-state index is 0.0866. The van der Waals surface area contributed by atoms with Gasteiger partial charge >= 0.3 is 0 Å². The van der Waals surface area contributed by atoms with Crippen molar-refractivity contribution in [2.24, 2.45) is 5.92 Å². The van der Waals surface area contributed by atoms with E-state index in [0.29, 0.717) is 19.5 Å². The van der Waals surface area contributed by atoms with E-state index in [0.717, 1.165) is 48.7 Å². The number of rotatable bonds is 6. The molecule has 1 amide bonds. The van der Waals surface area contributed by atoms with Crippen LogP contribution in [0, 0.1) is 18.7 Å². The van der Waals surface area contributed by atoms with Crippen LogP contribution in [0.2, 0.25) is 0 Å². The number of aldehydes is 1. The second kappa shape index (κ2) is 8.76. The Labute approximate surface area is 143 Å². The van der Waals surface area contributed by atoms with E-state index in [9.17, 15) is 14.0 Å². The fourth-order valence-electron chi connectivity index (χ4n) is 3.14. The smallest absolute Gasteiger partial charge is 0.227 e. The molecule has 0 atom stereocenters. The lowest BCUT2D eigenvalue weighted by molar-refractivity contribution is -0.132. The van der Waals surface area contributed by atoms with Crippen LogP contribution >= 0.6 is 0 Å². The summed E-state index contributed by atoms with van der Waals surface area (Å²) in [7, 11) is 0. The van der Waals surface area contributed by atoms with Crippen molar-refractivity contribution in [1.82, 2.24) is 4.90 Å². The van der Waals surface area contributed by atoms with Gasteiger partial charge in [-0.3, -0.25) is 4.79 Å². The van der Waals surface area contributed by atoms with Crippen LogP contribution in [0.25, 0.3) is 5.57 Å². The topological polar surface area (TPSA) is 37.4 Å². The van der Waals surface area contributed by atoms with E-state index < -0.39 is 0 Å². The number of unbranched alkanes of at least 4 members (excludes halogenated alkanes) is 1. The van der Waals surface area contributed by atoms with E-state index in [-0.39, 0.29) is 17.6 Å². The van der Waals surface area contributed by atoms with E-state index in [1.807, 2.05) is 11.8 Å². The third-order valence-electron chi connectivity index (χ3n) is 4.64. The number of benzene rings is 1. The van der Waals surface area contributed by atoms with Gasteiger partial charge in [-0.25, -0.2) is 4.39 Å². The molecule has 0 saturated carbocycles. The first-order valence-electron chi connectivity index (χ1n) is 8.73. The lowest BCUT2D eigenvalue weighted by Gasteiger charge is -2.30. The van der Waals surface area contributed by atoms with Gasteiger partial charge in [-0.2, -0.15) is 0 Å². The van der Waals surface area contributed by atoms with Gasteiger partial charge in [0.1, 0.15) is 12.1 Å². The Morgan fingerprint density at radius 1 is 1.33 bits per heavy atom. The Morgan fingerprint density at radius 2 is 2.04 bits per heavy atom. The van der Waals surface area contributed by atoms with E-state index in [2.05, 4.69) is 13.0 Å². The van der Waals surface area contributed by atoms with Crippen LogP contribution in [-0.2, 0) is 9.59 Å². The molecule has 0 spiro atoms. The van der Waals surface area contributed by atoms with Gasteiger partial charge in [0, 0.05) is 19.0 Å². The quantitative estimate of drug-likeness (QED) is 0.735. The molecule has 0 bridgehead atoms. The largest absolute Gasteiger partial charge is 0.342 e. The monoisotopic (exact) mass is 331 g/mol. The van der Waals surface area contributed by atoms with Gasteiger partial charge in [-0.1, -0.05) is 25.5 Å². The van der Waals surface area contributed by atoms with Crippen molar-refractivity contribution >= 4 is 17.8 Å². The second-order valence-electron chi connectivity index (χ2n) is 6.51. The van der Waals surface area contributed by atoms with Crippen molar-refractivity contribution in [3.05, 3.63) is 41.2 Å². The van der Waals surface area contributed by atoms with Crippen molar-refractivity contribution in [1.29, 1.82) is 0 Å². The van der Waals surface area contributed by atoms with Crippen molar-refractivity contribution in [2.75, 3.05) is 13.1 Å². The molecule has 2 rings (SSSR count). The molecular weight excluding hydrogens is 305 g/mol. The minimum atomic E-state index is -0.256. The Kier molecular flexibility index (Phi) is 6.71. The molecule has 3 nitrogen and oxygen atoms in total. The van der Waals surface area contributed by atoms with Gasteiger partial charge < -0.3 is 9.69 Å². The van der Waals surface area contributed by atoms with Crippen molar-refractivity contribution in [3.8, 4) is 0 Å². The van der Waals surface area contributed by atoms with Crippen LogP contribution in [0.5, 0.6) is 0 Å². The molecule has 1 heterocycles. The molecule has 0 aromatic heterocycles. The van der Waals surface area contributed by atoms with Crippen LogP contribution < -0.4 is 0 Å². The molecule has 1 aromatic carbocycles. The maximum absolute atomic E-state index is 13.4. The summed E-state index contributed by atoms with van der Waals surface area (Å²) in [6, 6.07) is 4.72. The fraction of sp³-hybridized carbons (Fsp3) is 0.500. The van der Waals surface area contributed by atoms with Gasteiger partial charge in [-0.05, 0) is 55.0 Å². The SMILES string of the molecule is CCC/C=C(/CC(=O)N1CCC(C=O)CC1)c1ccc(F)cc1C. The van der Waals surface area contributed by atoms with Gasteiger partial charge in [0.25, 0.3) is 0 Å². The van der Waals surface area contributed by atoms with Crippen LogP contribution in [0.1, 0.15) is 50.2 Å². The number of hydrogen-bond acceptors (Lipinski definition) is 2. The van der Waals surface area contributed by atoms with Crippen LogP contribution in [0.3, 0.4) is 0 Å². The molecule has 1 aliphatic heterocycles. The van der Waals surface area contributed by atoms with Crippen molar-refractivity contribution in [2.45, 2.75) is 46.0 Å². The van der Waals surface area contributed by atoms with E-state index >= 15 is 0 Å². The highest BCUT2D eigenvalue weighted by Crippen LogP contribution is 2.26. The second-order valence-corrected chi connectivity index (χ2v) is 6.51. The summed E-state index contributed by atoms with van der Waals surface area (Å²) in [5.74, 6) is -0.0812. The number of allylic oxidation sites excluding steroid dienone is 1. The molecule has 1 aliphatic rings. The lowest BCUT2D eigenvalue weighted by atomic mass is 9.94. The van der Waals surface area contributed by atoms with Gasteiger partial charge in [0.2, 0.25) is 5.91 Å². The molecule has 4 heteroatoms. The number of carbonyl (C=O) groups is 2.